The maximum absolute atomic E-state index is 12.4. The van der Waals surface area contributed by atoms with E-state index in [0.29, 0.717) is 0 Å². The Balaban J connectivity index is 1.76. The first-order valence-electron chi connectivity index (χ1n) is 12.2. The number of hydrogen-bond acceptors (Lipinski definition) is 2. The van der Waals surface area contributed by atoms with Crippen LogP contribution in [0.5, 0.6) is 5.75 Å². The fourth-order valence-corrected chi connectivity index (χ4v) is 3.77. The minimum Gasteiger partial charge on any atom is -0.494 e. The lowest BCUT2D eigenvalue weighted by atomic mass is 10.0. The second-order valence-electron chi connectivity index (χ2n) is 8.38. The molecule has 0 fully saturated rings. The van der Waals surface area contributed by atoms with Crippen LogP contribution in [0.2, 0.25) is 0 Å². The molecule has 0 unspecified atom stereocenters. The lowest BCUT2D eigenvalue weighted by molar-refractivity contribution is 0.304. The van der Waals surface area contributed by atoms with Gasteiger partial charge in [0, 0.05) is 11.3 Å². The van der Waals surface area contributed by atoms with Crippen molar-refractivity contribution in [3.05, 3.63) is 52.3 Å². The summed E-state index contributed by atoms with van der Waals surface area (Å²) in [5, 5.41) is 0. The van der Waals surface area contributed by atoms with Gasteiger partial charge in [-0.15, -0.1) is 0 Å². The normalized spacial score (nSPS) is 11.0. The van der Waals surface area contributed by atoms with Crippen molar-refractivity contribution >= 4 is 0 Å². The van der Waals surface area contributed by atoms with Crippen LogP contribution in [0.3, 0.4) is 0 Å². The molecule has 0 atom stereocenters. The number of hydrogen-bond donors (Lipinski definition) is 1. The molecule has 166 valence electrons. The van der Waals surface area contributed by atoms with Crippen molar-refractivity contribution in [1.82, 2.24) is 4.98 Å². The van der Waals surface area contributed by atoms with Crippen LogP contribution in [0.25, 0.3) is 11.3 Å². The standard InChI is InChI=1S/C27H41NO2/c1-3-5-7-9-11-13-15-24-18-21-26(28-27(24)29)23-16-19-25(20-17-23)30-22-14-12-10-8-6-4-2/h16-21H,3-15,22H2,1-2H3,(H,28,29). The van der Waals surface area contributed by atoms with Gasteiger partial charge in [0.15, 0.2) is 0 Å². The first-order chi connectivity index (χ1) is 14.7. The predicted molar refractivity (Wildman–Crippen MR) is 128 cm³/mol. The third-order valence-electron chi connectivity index (χ3n) is 5.72. The summed E-state index contributed by atoms with van der Waals surface area (Å²) < 4.78 is 5.85. The van der Waals surface area contributed by atoms with Gasteiger partial charge in [0.05, 0.1) is 6.61 Å². The largest absolute Gasteiger partial charge is 0.494 e. The molecule has 0 bridgehead atoms. The number of unbranched alkanes of at least 4 members (excludes halogenated alkanes) is 10. The van der Waals surface area contributed by atoms with E-state index < -0.39 is 0 Å². The van der Waals surface area contributed by atoms with Crippen molar-refractivity contribution < 1.29 is 4.74 Å². The summed E-state index contributed by atoms with van der Waals surface area (Å²) in [7, 11) is 0. The van der Waals surface area contributed by atoms with Crippen molar-refractivity contribution in [2.45, 2.75) is 97.3 Å². The summed E-state index contributed by atoms with van der Waals surface area (Å²) in [5.41, 5.74) is 2.83. The highest BCUT2D eigenvalue weighted by Crippen LogP contribution is 2.21. The minimum atomic E-state index is 0.0458. The third kappa shape index (κ3) is 9.19. The van der Waals surface area contributed by atoms with Crippen LogP contribution < -0.4 is 10.3 Å². The first-order valence-corrected chi connectivity index (χ1v) is 12.2. The van der Waals surface area contributed by atoms with Crippen molar-refractivity contribution in [3.8, 4) is 17.0 Å². The maximum atomic E-state index is 12.4. The smallest absolute Gasteiger partial charge is 0.251 e. The van der Waals surface area contributed by atoms with Crippen LogP contribution in [0.15, 0.2) is 41.2 Å². The van der Waals surface area contributed by atoms with Crippen LogP contribution in [0, 0.1) is 0 Å². The van der Waals surface area contributed by atoms with Crippen LogP contribution in [-0.4, -0.2) is 11.6 Å². The molecule has 1 aromatic heterocycles. The second kappa shape index (κ2) is 14.9. The van der Waals surface area contributed by atoms with Gasteiger partial charge in [-0.3, -0.25) is 4.79 Å². The Hall–Kier alpha value is -2.03. The van der Waals surface area contributed by atoms with Gasteiger partial charge in [-0.25, -0.2) is 0 Å². The molecular formula is C27H41NO2. The van der Waals surface area contributed by atoms with Crippen molar-refractivity contribution in [2.24, 2.45) is 0 Å². The van der Waals surface area contributed by atoms with E-state index in [4.69, 9.17) is 4.74 Å². The maximum Gasteiger partial charge on any atom is 0.251 e. The van der Waals surface area contributed by atoms with Gasteiger partial charge in [0.2, 0.25) is 0 Å². The average Bonchev–Trinajstić information content (AvgIpc) is 2.77. The third-order valence-corrected chi connectivity index (χ3v) is 5.72. The highest BCUT2D eigenvalue weighted by molar-refractivity contribution is 5.60. The molecule has 3 nitrogen and oxygen atoms in total. The van der Waals surface area contributed by atoms with E-state index in [9.17, 15) is 4.79 Å². The number of nitrogens with one attached hydrogen (secondary N) is 1. The molecule has 0 aliphatic heterocycles. The lowest BCUT2D eigenvalue weighted by Crippen LogP contribution is -2.12. The fraction of sp³-hybridized carbons (Fsp3) is 0.593. The summed E-state index contributed by atoms with van der Waals surface area (Å²) in [6.45, 7) is 5.25. The minimum absolute atomic E-state index is 0.0458. The number of rotatable bonds is 16. The Morgan fingerprint density at radius 3 is 1.93 bits per heavy atom. The summed E-state index contributed by atoms with van der Waals surface area (Å²) in [6, 6.07) is 12.1. The monoisotopic (exact) mass is 411 g/mol. The highest BCUT2D eigenvalue weighted by atomic mass is 16.5. The Morgan fingerprint density at radius 2 is 1.30 bits per heavy atom. The van der Waals surface area contributed by atoms with Gasteiger partial charge in [-0.05, 0) is 55.2 Å². The van der Waals surface area contributed by atoms with E-state index in [0.717, 1.165) is 48.4 Å². The van der Waals surface area contributed by atoms with Gasteiger partial charge in [0.1, 0.15) is 5.75 Å². The lowest BCUT2D eigenvalue weighted by Gasteiger charge is -2.08. The van der Waals surface area contributed by atoms with E-state index in [-0.39, 0.29) is 5.56 Å². The number of ether oxygens (including phenoxy) is 1. The Morgan fingerprint density at radius 1 is 0.700 bits per heavy atom. The summed E-state index contributed by atoms with van der Waals surface area (Å²) >= 11 is 0. The number of aromatic amines is 1. The van der Waals surface area contributed by atoms with Gasteiger partial charge in [-0.1, -0.05) is 84.1 Å². The molecule has 0 saturated carbocycles. The summed E-state index contributed by atoms with van der Waals surface area (Å²) in [5.74, 6) is 0.898. The van der Waals surface area contributed by atoms with E-state index in [2.05, 4.69) is 18.8 Å². The zero-order valence-electron chi connectivity index (χ0n) is 19.2. The zero-order chi connectivity index (χ0) is 21.4. The zero-order valence-corrected chi connectivity index (χ0v) is 19.2. The van der Waals surface area contributed by atoms with E-state index in [1.54, 1.807) is 0 Å². The molecule has 1 N–H and O–H groups in total. The molecule has 30 heavy (non-hydrogen) atoms. The van der Waals surface area contributed by atoms with Crippen molar-refractivity contribution in [1.29, 1.82) is 0 Å². The molecule has 2 aromatic rings. The molecular weight excluding hydrogens is 370 g/mol. The van der Waals surface area contributed by atoms with Crippen LogP contribution >= 0.6 is 0 Å². The van der Waals surface area contributed by atoms with Crippen molar-refractivity contribution in [2.75, 3.05) is 6.61 Å². The topological polar surface area (TPSA) is 42.1 Å². The fourth-order valence-electron chi connectivity index (χ4n) is 3.77. The average molecular weight is 412 g/mol. The Labute approximate surface area is 183 Å². The molecule has 0 saturated heterocycles. The summed E-state index contributed by atoms with van der Waals surface area (Å²) in [4.78, 5) is 15.5. The summed E-state index contributed by atoms with van der Waals surface area (Å²) in [6.07, 6.45) is 16.0. The van der Waals surface area contributed by atoms with Gasteiger partial charge < -0.3 is 9.72 Å². The highest BCUT2D eigenvalue weighted by Gasteiger charge is 2.04. The van der Waals surface area contributed by atoms with Crippen LogP contribution in [-0.2, 0) is 6.42 Å². The van der Waals surface area contributed by atoms with Gasteiger partial charge in [-0.2, -0.15) is 0 Å². The number of aryl methyl sites for hydroxylation is 1. The number of aromatic nitrogens is 1. The molecule has 0 spiro atoms. The molecule has 0 radical (unpaired) electrons. The molecule has 3 heteroatoms. The van der Waals surface area contributed by atoms with Crippen LogP contribution in [0.4, 0.5) is 0 Å². The van der Waals surface area contributed by atoms with Crippen LogP contribution in [0.1, 0.15) is 96.5 Å². The van der Waals surface area contributed by atoms with Crippen molar-refractivity contribution in [3.63, 3.8) is 0 Å². The Bertz CT molecular complexity index is 748. The second-order valence-corrected chi connectivity index (χ2v) is 8.38. The SMILES string of the molecule is CCCCCCCCOc1ccc(-c2ccc(CCCCCCCC)c(=O)[nH]2)cc1. The molecule has 1 aromatic carbocycles. The van der Waals surface area contributed by atoms with E-state index in [1.165, 1.54) is 64.2 Å². The molecule has 1 heterocycles. The predicted octanol–water partition coefficient (Wildman–Crippen LogP) is 7.68. The molecule has 0 aliphatic carbocycles. The number of H-pyrrole nitrogens is 1. The molecule has 0 amide bonds. The van der Waals surface area contributed by atoms with Gasteiger partial charge in [0.25, 0.3) is 5.56 Å². The quantitative estimate of drug-likeness (QED) is 0.288. The van der Waals surface area contributed by atoms with E-state index in [1.807, 2.05) is 36.4 Å². The molecule has 2 rings (SSSR count). The van der Waals surface area contributed by atoms with E-state index >= 15 is 0 Å². The first kappa shape index (κ1) is 24.2. The number of pyridine rings is 1. The van der Waals surface area contributed by atoms with Gasteiger partial charge >= 0.3 is 0 Å². The molecule has 0 aliphatic rings. The number of benzene rings is 1. The Kier molecular flexibility index (Phi) is 12.0.